The molecule has 0 amide bonds. The van der Waals surface area contributed by atoms with Crippen molar-refractivity contribution >= 4 is 15.9 Å². The van der Waals surface area contributed by atoms with Gasteiger partial charge >= 0.3 is 0 Å². The lowest BCUT2D eigenvalue weighted by Crippen LogP contribution is -1.94. The Morgan fingerprint density at radius 3 is 2.53 bits per heavy atom. The molecule has 100 valence electrons. The molecule has 1 atom stereocenters. The van der Waals surface area contributed by atoms with Gasteiger partial charge in [-0.1, -0.05) is 34.1 Å². The van der Waals surface area contributed by atoms with Crippen LogP contribution in [0.25, 0.3) is 0 Å². The zero-order valence-corrected chi connectivity index (χ0v) is 12.9. The molecule has 0 fully saturated rings. The molecule has 0 aliphatic carbocycles. The Balaban J connectivity index is 2.29. The topological polar surface area (TPSA) is 29.5 Å². The highest BCUT2D eigenvalue weighted by Gasteiger charge is 2.09. The summed E-state index contributed by atoms with van der Waals surface area (Å²) in [5, 5.41) is 9.59. The SMILES string of the molecule is Cc1cccc(Oc2ccc([C@@H](C)O)c(Br)c2)c1C. The average Bonchev–Trinajstić information content (AvgIpc) is 2.34. The molecule has 2 nitrogen and oxygen atoms in total. The predicted octanol–water partition coefficient (Wildman–Crippen LogP) is 4.91. The summed E-state index contributed by atoms with van der Waals surface area (Å²) in [6.07, 6.45) is -0.496. The van der Waals surface area contributed by atoms with Crippen molar-refractivity contribution in [1.29, 1.82) is 0 Å². The number of benzene rings is 2. The first-order valence-electron chi connectivity index (χ1n) is 6.20. The third kappa shape index (κ3) is 3.17. The van der Waals surface area contributed by atoms with Gasteiger partial charge in [0.05, 0.1) is 6.10 Å². The number of aliphatic hydroxyl groups is 1. The average molecular weight is 321 g/mol. The predicted molar refractivity (Wildman–Crippen MR) is 80.8 cm³/mol. The van der Waals surface area contributed by atoms with Crippen LogP contribution in [0.5, 0.6) is 11.5 Å². The van der Waals surface area contributed by atoms with Gasteiger partial charge in [-0.2, -0.15) is 0 Å². The summed E-state index contributed by atoms with van der Waals surface area (Å²) in [6.45, 7) is 5.85. The minimum Gasteiger partial charge on any atom is -0.457 e. The molecule has 0 aromatic heterocycles. The van der Waals surface area contributed by atoms with Crippen molar-refractivity contribution in [3.05, 3.63) is 57.6 Å². The lowest BCUT2D eigenvalue weighted by atomic mass is 10.1. The zero-order chi connectivity index (χ0) is 14.0. The van der Waals surface area contributed by atoms with Crippen LogP contribution in [0.1, 0.15) is 29.7 Å². The maximum Gasteiger partial charge on any atom is 0.130 e. The van der Waals surface area contributed by atoms with E-state index in [9.17, 15) is 5.11 Å². The first-order valence-corrected chi connectivity index (χ1v) is 7.00. The largest absolute Gasteiger partial charge is 0.457 e. The third-order valence-electron chi connectivity index (χ3n) is 3.20. The first kappa shape index (κ1) is 14.1. The van der Waals surface area contributed by atoms with E-state index in [1.165, 1.54) is 5.56 Å². The summed E-state index contributed by atoms with van der Waals surface area (Å²) in [5.74, 6) is 1.61. The lowest BCUT2D eigenvalue weighted by Gasteiger charge is -2.13. The van der Waals surface area contributed by atoms with Crippen LogP contribution >= 0.6 is 15.9 Å². The summed E-state index contributed by atoms with van der Waals surface area (Å²) < 4.78 is 6.75. The van der Waals surface area contributed by atoms with Gasteiger partial charge in [-0.3, -0.25) is 0 Å². The van der Waals surface area contributed by atoms with Crippen LogP contribution in [0.15, 0.2) is 40.9 Å². The summed E-state index contributed by atoms with van der Waals surface area (Å²) in [6, 6.07) is 11.6. The van der Waals surface area contributed by atoms with Crippen LogP contribution in [0.3, 0.4) is 0 Å². The molecule has 3 heteroatoms. The van der Waals surface area contributed by atoms with Gasteiger partial charge in [0.1, 0.15) is 11.5 Å². The molecule has 0 heterocycles. The molecular formula is C16H17BrO2. The Hall–Kier alpha value is -1.32. The molecule has 0 aliphatic heterocycles. The molecule has 0 saturated heterocycles. The van der Waals surface area contributed by atoms with Crippen LogP contribution in [0.4, 0.5) is 0 Å². The maximum absolute atomic E-state index is 9.59. The Kier molecular flexibility index (Phi) is 4.27. The standard InChI is InChI=1S/C16H17BrO2/c1-10-5-4-6-16(11(10)2)19-13-7-8-14(12(3)18)15(17)9-13/h4-9,12,18H,1-3H3/t12-/m1/s1. The highest BCUT2D eigenvalue weighted by molar-refractivity contribution is 9.10. The van der Waals surface area contributed by atoms with Crippen LogP contribution in [0.2, 0.25) is 0 Å². The van der Waals surface area contributed by atoms with E-state index < -0.39 is 6.10 Å². The fraction of sp³-hybridized carbons (Fsp3) is 0.250. The summed E-state index contributed by atoms with van der Waals surface area (Å²) in [4.78, 5) is 0. The van der Waals surface area contributed by atoms with Crippen LogP contribution in [-0.2, 0) is 0 Å². The van der Waals surface area contributed by atoms with Crippen molar-refractivity contribution in [2.24, 2.45) is 0 Å². The van der Waals surface area contributed by atoms with E-state index in [0.29, 0.717) is 0 Å². The Labute approximate surface area is 122 Å². The van der Waals surface area contributed by atoms with E-state index in [2.05, 4.69) is 28.9 Å². The second kappa shape index (κ2) is 5.76. The number of aryl methyl sites for hydroxylation is 1. The van der Waals surface area contributed by atoms with Gasteiger partial charge in [-0.15, -0.1) is 0 Å². The molecule has 19 heavy (non-hydrogen) atoms. The van der Waals surface area contributed by atoms with E-state index in [4.69, 9.17) is 4.74 Å². The Morgan fingerprint density at radius 2 is 1.89 bits per heavy atom. The highest BCUT2D eigenvalue weighted by Crippen LogP contribution is 2.31. The normalized spacial score (nSPS) is 12.3. The molecule has 2 rings (SSSR count). The quantitative estimate of drug-likeness (QED) is 0.870. The van der Waals surface area contributed by atoms with Gasteiger partial charge in [0, 0.05) is 4.47 Å². The van der Waals surface area contributed by atoms with Crippen LogP contribution in [-0.4, -0.2) is 5.11 Å². The zero-order valence-electron chi connectivity index (χ0n) is 11.3. The number of aliphatic hydroxyl groups excluding tert-OH is 1. The fourth-order valence-electron chi connectivity index (χ4n) is 1.87. The molecule has 1 N–H and O–H groups in total. The van der Waals surface area contributed by atoms with Gasteiger partial charge in [0.2, 0.25) is 0 Å². The number of halogens is 1. The number of ether oxygens (including phenoxy) is 1. The molecule has 2 aromatic carbocycles. The monoisotopic (exact) mass is 320 g/mol. The van der Waals surface area contributed by atoms with Crippen molar-refractivity contribution < 1.29 is 9.84 Å². The lowest BCUT2D eigenvalue weighted by molar-refractivity contribution is 0.198. The summed E-state index contributed by atoms with van der Waals surface area (Å²) >= 11 is 3.45. The van der Waals surface area contributed by atoms with Gasteiger partial charge < -0.3 is 9.84 Å². The smallest absolute Gasteiger partial charge is 0.130 e. The van der Waals surface area contributed by atoms with E-state index in [0.717, 1.165) is 27.1 Å². The third-order valence-corrected chi connectivity index (χ3v) is 3.89. The Bertz CT molecular complexity index is 591. The molecular weight excluding hydrogens is 304 g/mol. The second-order valence-electron chi connectivity index (χ2n) is 4.66. The van der Waals surface area contributed by atoms with Crippen LogP contribution < -0.4 is 4.74 Å². The number of hydrogen-bond donors (Lipinski definition) is 1. The van der Waals surface area contributed by atoms with Crippen molar-refractivity contribution in [2.75, 3.05) is 0 Å². The van der Waals surface area contributed by atoms with E-state index >= 15 is 0 Å². The molecule has 0 aliphatic rings. The molecule has 0 bridgehead atoms. The maximum atomic E-state index is 9.59. The molecule has 0 unspecified atom stereocenters. The van der Waals surface area contributed by atoms with Gasteiger partial charge in [-0.05, 0) is 55.7 Å². The molecule has 0 spiro atoms. The van der Waals surface area contributed by atoms with Crippen molar-refractivity contribution in [3.8, 4) is 11.5 Å². The molecule has 2 aromatic rings. The van der Waals surface area contributed by atoms with Gasteiger partial charge in [0.25, 0.3) is 0 Å². The van der Waals surface area contributed by atoms with Crippen molar-refractivity contribution in [3.63, 3.8) is 0 Å². The fourth-order valence-corrected chi connectivity index (χ4v) is 2.56. The molecule has 0 saturated carbocycles. The number of hydrogen-bond acceptors (Lipinski definition) is 2. The van der Waals surface area contributed by atoms with Crippen molar-refractivity contribution in [1.82, 2.24) is 0 Å². The van der Waals surface area contributed by atoms with E-state index in [1.807, 2.05) is 37.3 Å². The highest BCUT2D eigenvalue weighted by atomic mass is 79.9. The summed E-state index contributed by atoms with van der Waals surface area (Å²) in [5.41, 5.74) is 3.20. The van der Waals surface area contributed by atoms with E-state index in [-0.39, 0.29) is 0 Å². The van der Waals surface area contributed by atoms with Crippen LogP contribution in [0, 0.1) is 13.8 Å². The summed E-state index contributed by atoms with van der Waals surface area (Å²) in [7, 11) is 0. The van der Waals surface area contributed by atoms with Crippen molar-refractivity contribution in [2.45, 2.75) is 26.9 Å². The van der Waals surface area contributed by atoms with Gasteiger partial charge in [0.15, 0.2) is 0 Å². The minimum atomic E-state index is -0.496. The van der Waals surface area contributed by atoms with E-state index in [1.54, 1.807) is 6.92 Å². The van der Waals surface area contributed by atoms with Gasteiger partial charge in [-0.25, -0.2) is 0 Å². The first-order chi connectivity index (χ1) is 8.99. The second-order valence-corrected chi connectivity index (χ2v) is 5.51. The molecule has 0 radical (unpaired) electrons. The minimum absolute atomic E-state index is 0.496. The number of rotatable bonds is 3. The Morgan fingerprint density at radius 1 is 1.16 bits per heavy atom.